The van der Waals surface area contributed by atoms with Crippen LogP contribution in [0.3, 0.4) is 0 Å². The fourth-order valence-corrected chi connectivity index (χ4v) is 2.59. The third kappa shape index (κ3) is 4.80. The molecule has 1 rings (SSSR count). The Morgan fingerprint density at radius 1 is 1.37 bits per heavy atom. The smallest absolute Gasteiger partial charge is 0.323 e. The lowest BCUT2D eigenvalue weighted by molar-refractivity contribution is -0.151. The number of hydrogen-bond donors (Lipinski definition) is 2. The summed E-state index contributed by atoms with van der Waals surface area (Å²) in [5.41, 5.74) is 5.32. The van der Waals surface area contributed by atoms with Gasteiger partial charge in [0.1, 0.15) is 6.04 Å². The van der Waals surface area contributed by atoms with E-state index in [-0.39, 0.29) is 24.6 Å². The molecule has 1 aliphatic heterocycles. The van der Waals surface area contributed by atoms with Gasteiger partial charge in [0.25, 0.3) is 0 Å². The maximum atomic E-state index is 12.0. The molecule has 6 nitrogen and oxygen atoms in total. The van der Waals surface area contributed by atoms with E-state index in [1.807, 2.05) is 11.8 Å². The van der Waals surface area contributed by atoms with Gasteiger partial charge >= 0.3 is 5.97 Å². The van der Waals surface area contributed by atoms with Crippen LogP contribution >= 0.6 is 0 Å². The second-order valence-corrected chi connectivity index (χ2v) is 4.80. The van der Waals surface area contributed by atoms with Crippen molar-refractivity contribution >= 4 is 11.9 Å². The van der Waals surface area contributed by atoms with Gasteiger partial charge in [-0.15, -0.1) is 0 Å². The Balaban J connectivity index is 2.79. The van der Waals surface area contributed by atoms with E-state index in [1.165, 1.54) is 0 Å². The number of nitrogens with two attached hydrogens (primary N) is 1. The molecular formula is C13H25N3O3. The van der Waals surface area contributed by atoms with Crippen LogP contribution in [0.1, 0.15) is 33.1 Å². The van der Waals surface area contributed by atoms with Gasteiger partial charge < -0.3 is 15.8 Å². The van der Waals surface area contributed by atoms with E-state index in [2.05, 4.69) is 5.32 Å². The SMILES string of the molecule is CCOC(=O)C(CC)N(CC(N)=O)C1CCNCC1. The van der Waals surface area contributed by atoms with Crippen molar-refractivity contribution in [3.63, 3.8) is 0 Å². The van der Waals surface area contributed by atoms with Crippen LogP contribution in [0.5, 0.6) is 0 Å². The molecule has 0 radical (unpaired) electrons. The van der Waals surface area contributed by atoms with E-state index < -0.39 is 5.91 Å². The minimum Gasteiger partial charge on any atom is -0.465 e. The van der Waals surface area contributed by atoms with Crippen LogP contribution in [0, 0.1) is 0 Å². The van der Waals surface area contributed by atoms with Gasteiger partial charge in [0.15, 0.2) is 0 Å². The summed E-state index contributed by atoms with van der Waals surface area (Å²) < 4.78 is 5.10. The highest BCUT2D eigenvalue weighted by atomic mass is 16.5. The lowest BCUT2D eigenvalue weighted by Crippen LogP contribution is -2.53. The second-order valence-electron chi connectivity index (χ2n) is 4.80. The summed E-state index contributed by atoms with van der Waals surface area (Å²) in [4.78, 5) is 25.2. The minimum absolute atomic E-state index is 0.113. The van der Waals surface area contributed by atoms with Crippen molar-refractivity contribution < 1.29 is 14.3 Å². The molecular weight excluding hydrogens is 246 g/mol. The normalized spacial score (nSPS) is 18.3. The van der Waals surface area contributed by atoms with Crippen molar-refractivity contribution in [2.75, 3.05) is 26.2 Å². The van der Waals surface area contributed by atoms with Crippen LogP contribution in [0.2, 0.25) is 0 Å². The van der Waals surface area contributed by atoms with E-state index >= 15 is 0 Å². The van der Waals surface area contributed by atoms with Crippen LogP contribution in [-0.2, 0) is 14.3 Å². The molecule has 0 aromatic heterocycles. The molecule has 19 heavy (non-hydrogen) atoms. The lowest BCUT2D eigenvalue weighted by Gasteiger charge is -2.37. The van der Waals surface area contributed by atoms with Crippen LogP contribution in [0.15, 0.2) is 0 Å². The molecule has 3 N–H and O–H groups in total. The fraction of sp³-hybridized carbons (Fsp3) is 0.846. The van der Waals surface area contributed by atoms with Crippen LogP contribution in [-0.4, -0.2) is 55.1 Å². The molecule has 1 amide bonds. The van der Waals surface area contributed by atoms with Gasteiger partial charge in [-0.2, -0.15) is 0 Å². The third-order valence-corrected chi connectivity index (χ3v) is 3.46. The van der Waals surface area contributed by atoms with Crippen LogP contribution < -0.4 is 11.1 Å². The molecule has 1 unspecified atom stereocenters. The number of carbonyl (C=O) groups is 2. The molecule has 0 aromatic rings. The largest absolute Gasteiger partial charge is 0.465 e. The summed E-state index contributed by atoms with van der Waals surface area (Å²) in [5.74, 6) is -0.661. The lowest BCUT2D eigenvalue weighted by atomic mass is 10.0. The Kier molecular flexibility index (Phi) is 6.80. The van der Waals surface area contributed by atoms with Crippen LogP contribution in [0.4, 0.5) is 0 Å². The number of amides is 1. The summed E-state index contributed by atoms with van der Waals surface area (Å²) in [7, 11) is 0. The zero-order chi connectivity index (χ0) is 14.3. The first kappa shape index (κ1) is 15.9. The monoisotopic (exact) mass is 271 g/mol. The van der Waals surface area contributed by atoms with Crippen molar-refractivity contribution in [1.82, 2.24) is 10.2 Å². The van der Waals surface area contributed by atoms with E-state index in [0.717, 1.165) is 25.9 Å². The molecule has 6 heteroatoms. The summed E-state index contributed by atoms with van der Waals surface area (Å²) in [6.45, 7) is 5.98. The highest BCUT2D eigenvalue weighted by Gasteiger charge is 2.32. The topological polar surface area (TPSA) is 84.7 Å². The van der Waals surface area contributed by atoms with Gasteiger partial charge in [-0.3, -0.25) is 14.5 Å². The van der Waals surface area contributed by atoms with Crippen LogP contribution in [0.25, 0.3) is 0 Å². The van der Waals surface area contributed by atoms with E-state index in [9.17, 15) is 9.59 Å². The molecule has 1 saturated heterocycles. The summed E-state index contributed by atoms with van der Waals surface area (Å²) >= 11 is 0. The van der Waals surface area contributed by atoms with Crippen molar-refractivity contribution in [3.05, 3.63) is 0 Å². The number of ether oxygens (including phenoxy) is 1. The number of hydrogen-bond acceptors (Lipinski definition) is 5. The fourth-order valence-electron chi connectivity index (χ4n) is 2.59. The molecule has 0 aromatic carbocycles. The number of piperidine rings is 1. The predicted octanol–water partition coefficient (Wildman–Crippen LogP) is -0.133. The van der Waals surface area contributed by atoms with Crippen molar-refractivity contribution in [2.45, 2.75) is 45.2 Å². The molecule has 1 fully saturated rings. The highest BCUT2D eigenvalue weighted by molar-refractivity contribution is 5.79. The Labute approximate surface area is 114 Å². The Morgan fingerprint density at radius 3 is 2.47 bits per heavy atom. The standard InChI is InChI=1S/C13H25N3O3/c1-3-11(13(18)19-4-2)16(9-12(14)17)10-5-7-15-8-6-10/h10-11,15H,3-9H2,1-2H3,(H2,14,17). The van der Waals surface area contributed by atoms with Gasteiger partial charge in [0, 0.05) is 6.04 Å². The number of carbonyl (C=O) groups excluding carboxylic acids is 2. The molecule has 1 atom stereocenters. The van der Waals surface area contributed by atoms with Crippen molar-refractivity contribution in [2.24, 2.45) is 5.73 Å². The number of primary amides is 1. The van der Waals surface area contributed by atoms with Gasteiger partial charge in [0.05, 0.1) is 13.2 Å². The first-order chi connectivity index (χ1) is 9.10. The average Bonchev–Trinajstić information content (AvgIpc) is 2.39. The van der Waals surface area contributed by atoms with Gasteiger partial charge in [-0.25, -0.2) is 0 Å². The van der Waals surface area contributed by atoms with E-state index in [0.29, 0.717) is 13.0 Å². The van der Waals surface area contributed by atoms with Gasteiger partial charge in [-0.1, -0.05) is 6.92 Å². The molecule has 0 bridgehead atoms. The summed E-state index contributed by atoms with van der Waals surface area (Å²) in [6.07, 6.45) is 2.46. The predicted molar refractivity (Wildman–Crippen MR) is 72.5 cm³/mol. The molecule has 1 heterocycles. The maximum Gasteiger partial charge on any atom is 0.323 e. The molecule has 0 aliphatic carbocycles. The number of nitrogens with zero attached hydrogens (tertiary/aromatic N) is 1. The molecule has 110 valence electrons. The number of rotatable bonds is 7. The second kappa shape index (κ2) is 8.12. The molecule has 0 saturated carbocycles. The summed E-state index contributed by atoms with van der Waals surface area (Å²) in [5, 5.41) is 3.28. The van der Waals surface area contributed by atoms with Crippen molar-refractivity contribution in [3.8, 4) is 0 Å². The zero-order valence-electron chi connectivity index (χ0n) is 11.9. The highest BCUT2D eigenvalue weighted by Crippen LogP contribution is 2.18. The first-order valence-electron chi connectivity index (χ1n) is 7.01. The average molecular weight is 271 g/mol. The van der Waals surface area contributed by atoms with Gasteiger partial charge in [0.2, 0.25) is 5.91 Å². The Hall–Kier alpha value is -1.14. The molecule has 0 spiro atoms. The van der Waals surface area contributed by atoms with Gasteiger partial charge in [-0.05, 0) is 39.3 Å². The molecule has 1 aliphatic rings. The summed E-state index contributed by atoms with van der Waals surface area (Å²) in [6, 6.07) is -0.168. The Morgan fingerprint density at radius 2 is 2.00 bits per heavy atom. The zero-order valence-corrected chi connectivity index (χ0v) is 11.9. The van der Waals surface area contributed by atoms with E-state index in [1.54, 1.807) is 6.92 Å². The number of nitrogens with one attached hydrogen (secondary N) is 1. The van der Waals surface area contributed by atoms with Crippen molar-refractivity contribution in [1.29, 1.82) is 0 Å². The minimum atomic E-state index is -0.402. The number of esters is 1. The maximum absolute atomic E-state index is 12.0. The van der Waals surface area contributed by atoms with E-state index in [4.69, 9.17) is 10.5 Å². The first-order valence-corrected chi connectivity index (χ1v) is 7.01. The Bertz CT molecular complexity index is 304. The third-order valence-electron chi connectivity index (χ3n) is 3.46. The quantitative estimate of drug-likeness (QED) is 0.630.